The number of likely N-dealkylation sites (N-methyl/N-ethyl adjacent to an activating group) is 1. The zero-order chi connectivity index (χ0) is 15.3. The summed E-state index contributed by atoms with van der Waals surface area (Å²) < 4.78 is 13.4. The minimum Gasteiger partial charge on any atom is -0.378 e. The first-order chi connectivity index (χ1) is 9.36. The fourth-order valence-corrected chi connectivity index (χ4v) is 1.89. The zero-order valence-electron chi connectivity index (χ0n) is 11.8. The Hall–Kier alpha value is -1.40. The summed E-state index contributed by atoms with van der Waals surface area (Å²) in [5.41, 5.74) is -0.0722. The number of hydrogen-bond donors (Lipinski definition) is 1. The van der Waals surface area contributed by atoms with E-state index >= 15 is 0 Å². The van der Waals surface area contributed by atoms with E-state index in [9.17, 15) is 14.5 Å². The molecule has 1 atom stereocenters. The summed E-state index contributed by atoms with van der Waals surface area (Å²) in [6.07, 6.45) is 1.02. The fourth-order valence-electron chi connectivity index (χ4n) is 1.73. The van der Waals surface area contributed by atoms with Gasteiger partial charge in [0.15, 0.2) is 0 Å². The lowest BCUT2D eigenvalue weighted by Crippen LogP contribution is -2.32. The molecule has 0 radical (unpaired) electrons. The predicted octanol–water partition coefficient (Wildman–Crippen LogP) is 3.53. The number of nitro groups is 1. The molecule has 1 rings (SSSR count). The molecule has 1 N–H and O–H groups in total. The van der Waals surface area contributed by atoms with Crippen molar-refractivity contribution in [3.8, 4) is 0 Å². The van der Waals surface area contributed by atoms with E-state index in [0.29, 0.717) is 19.1 Å². The molecular weight excluding hydrogens is 285 g/mol. The molecule has 0 amide bonds. The third-order valence-electron chi connectivity index (χ3n) is 3.36. The molecule has 0 aliphatic heterocycles. The fraction of sp³-hybridized carbons (Fsp3) is 0.538. The van der Waals surface area contributed by atoms with E-state index in [2.05, 4.69) is 24.1 Å². The summed E-state index contributed by atoms with van der Waals surface area (Å²) in [5.74, 6) is -0.671. The van der Waals surface area contributed by atoms with Crippen LogP contribution < -0.4 is 5.32 Å². The van der Waals surface area contributed by atoms with Crippen molar-refractivity contribution in [1.82, 2.24) is 4.90 Å². The van der Waals surface area contributed by atoms with Crippen LogP contribution in [0.25, 0.3) is 0 Å². The lowest BCUT2D eigenvalue weighted by atomic mass is 10.2. The Labute approximate surface area is 122 Å². The van der Waals surface area contributed by atoms with E-state index < -0.39 is 10.7 Å². The van der Waals surface area contributed by atoms with Crippen molar-refractivity contribution in [2.75, 3.05) is 25.5 Å². The molecule has 1 aromatic carbocycles. The number of nitrogens with zero attached hydrogens (tertiary/aromatic N) is 2. The van der Waals surface area contributed by atoms with Crippen LogP contribution in [-0.2, 0) is 0 Å². The number of halogens is 2. The van der Waals surface area contributed by atoms with E-state index in [1.807, 2.05) is 7.05 Å². The van der Waals surface area contributed by atoms with Gasteiger partial charge in [-0.25, -0.2) is 4.39 Å². The van der Waals surface area contributed by atoms with Crippen molar-refractivity contribution >= 4 is 23.0 Å². The first-order valence-electron chi connectivity index (χ1n) is 6.44. The molecule has 1 unspecified atom stereocenters. The molecular formula is C13H19ClFN3O2. The third kappa shape index (κ3) is 4.31. The smallest absolute Gasteiger partial charge is 0.294 e. The molecule has 0 bridgehead atoms. The Morgan fingerprint density at radius 3 is 2.75 bits per heavy atom. The average molecular weight is 304 g/mol. The molecule has 0 spiro atoms. The van der Waals surface area contributed by atoms with Crippen molar-refractivity contribution in [3.63, 3.8) is 0 Å². The van der Waals surface area contributed by atoms with E-state index in [1.54, 1.807) is 0 Å². The molecule has 0 saturated carbocycles. The minimum atomic E-state index is -0.671. The van der Waals surface area contributed by atoms with Crippen LogP contribution in [0.5, 0.6) is 0 Å². The maximum absolute atomic E-state index is 13.4. The van der Waals surface area contributed by atoms with Gasteiger partial charge in [0.25, 0.3) is 5.69 Å². The SMILES string of the molecule is CCC(C)N(C)CCNc1cc(F)c(Cl)cc1[N+](=O)[O-]. The average Bonchev–Trinajstić information content (AvgIpc) is 2.40. The second-order valence-electron chi connectivity index (χ2n) is 4.71. The number of nitro benzene ring substituents is 1. The van der Waals surface area contributed by atoms with Gasteiger partial charge in [0, 0.05) is 31.3 Å². The molecule has 5 nitrogen and oxygen atoms in total. The number of hydrogen-bond acceptors (Lipinski definition) is 4. The van der Waals surface area contributed by atoms with Crippen LogP contribution in [0.3, 0.4) is 0 Å². The minimum absolute atomic E-state index is 0.148. The summed E-state index contributed by atoms with van der Waals surface area (Å²) in [5, 5.41) is 13.6. The lowest BCUT2D eigenvalue weighted by Gasteiger charge is -2.23. The van der Waals surface area contributed by atoms with Gasteiger partial charge in [-0.2, -0.15) is 0 Å². The second-order valence-corrected chi connectivity index (χ2v) is 5.11. The number of nitrogens with one attached hydrogen (secondary N) is 1. The maximum atomic E-state index is 13.4. The maximum Gasteiger partial charge on any atom is 0.294 e. The van der Waals surface area contributed by atoms with Gasteiger partial charge in [0.2, 0.25) is 0 Å². The van der Waals surface area contributed by atoms with Gasteiger partial charge in [-0.3, -0.25) is 10.1 Å². The van der Waals surface area contributed by atoms with Crippen molar-refractivity contribution in [2.24, 2.45) is 0 Å². The first-order valence-corrected chi connectivity index (χ1v) is 6.82. The van der Waals surface area contributed by atoms with E-state index in [4.69, 9.17) is 11.6 Å². The quantitative estimate of drug-likeness (QED) is 0.618. The topological polar surface area (TPSA) is 58.4 Å². The van der Waals surface area contributed by atoms with Crippen LogP contribution in [0.15, 0.2) is 12.1 Å². The lowest BCUT2D eigenvalue weighted by molar-refractivity contribution is -0.384. The molecule has 7 heteroatoms. The molecule has 0 heterocycles. The standard InChI is InChI=1S/C13H19ClFN3O2/c1-4-9(2)17(3)6-5-16-12-8-11(15)10(14)7-13(12)18(19)20/h7-9,16H,4-6H2,1-3H3. The van der Waals surface area contributed by atoms with E-state index in [0.717, 1.165) is 18.6 Å². The summed E-state index contributed by atoms with van der Waals surface area (Å²) in [6.45, 7) is 5.39. The summed E-state index contributed by atoms with van der Waals surface area (Å²) in [7, 11) is 1.98. The molecule has 0 aliphatic carbocycles. The van der Waals surface area contributed by atoms with E-state index in [-0.39, 0.29) is 16.4 Å². The van der Waals surface area contributed by atoms with Crippen molar-refractivity contribution in [3.05, 3.63) is 33.1 Å². The highest BCUT2D eigenvalue weighted by molar-refractivity contribution is 6.31. The zero-order valence-corrected chi connectivity index (χ0v) is 12.6. The molecule has 0 saturated heterocycles. The van der Waals surface area contributed by atoms with Crippen LogP contribution in [0.1, 0.15) is 20.3 Å². The molecule has 0 aliphatic rings. The monoisotopic (exact) mass is 303 g/mol. The van der Waals surface area contributed by atoms with E-state index in [1.165, 1.54) is 0 Å². The summed E-state index contributed by atoms with van der Waals surface area (Å²) in [4.78, 5) is 12.5. The van der Waals surface area contributed by atoms with Crippen molar-refractivity contribution in [1.29, 1.82) is 0 Å². The van der Waals surface area contributed by atoms with Crippen molar-refractivity contribution in [2.45, 2.75) is 26.3 Å². The summed E-state index contributed by atoms with van der Waals surface area (Å²) >= 11 is 5.56. The van der Waals surface area contributed by atoms with Crippen LogP contribution in [0.2, 0.25) is 5.02 Å². The Balaban J connectivity index is 2.72. The van der Waals surface area contributed by atoms with Gasteiger partial charge < -0.3 is 10.2 Å². The number of rotatable bonds is 7. The molecule has 0 fully saturated rings. The Bertz CT molecular complexity index is 485. The Morgan fingerprint density at radius 2 is 2.20 bits per heavy atom. The second kappa shape index (κ2) is 7.40. The Morgan fingerprint density at radius 1 is 1.55 bits per heavy atom. The van der Waals surface area contributed by atoms with Crippen LogP contribution in [0, 0.1) is 15.9 Å². The van der Waals surface area contributed by atoms with Crippen LogP contribution >= 0.6 is 11.6 Å². The van der Waals surface area contributed by atoms with Gasteiger partial charge in [0.1, 0.15) is 11.5 Å². The summed E-state index contributed by atoms with van der Waals surface area (Å²) in [6, 6.07) is 2.51. The van der Waals surface area contributed by atoms with Gasteiger partial charge in [-0.15, -0.1) is 0 Å². The largest absolute Gasteiger partial charge is 0.378 e. The highest BCUT2D eigenvalue weighted by atomic mass is 35.5. The first kappa shape index (κ1) is 16.7. The molecule has 0 aromatic heterocycles. The van der Waals surface area contributed by atoms with Gasteiger partial charge in [-0.05, 0) is 20.4 Å². The Kier molecular flexibility index (Phi) is 6.16. The van der Waals surface area contributed by atoms with Crippen LogP contribution in [0.4, 0.5) is 15.8 Å². The molecule has 1 aromatic rings. The van der Waals surface area contributed by atoms with Crippen LogP contribution in [-0.4, -0.2) is 36.0 Å². The molecule has 112 valence electrons. The highest BCUT2D eigenvalue weighted by Crippen LogP contribution is 2.30. The predicted molar refractivity (Wildman–Crippen MR) is 78.9 cm³/mol. The van der Waals surface area contributed by atoms with Gasteiger partial charge in [0.05, 0.1) is 9.95 Å². The third-order valence-corrected chi connectivity index (χ3v) is 3.65. The molecule has 20 heavy (non-hydrogen) atoms. The number of benzene rings is 1. The number of anilines is 1. The van der Waals surface area contributed by atoms with Crippen molar-refractivity contribution < 1.29 is 9.31 Å². The highest BCUT2D eigenvalue weighted by Gasteiger charge is 2.17. The van der Waals surface area contributed by atoms with Gasteiger partial charge >= 0.3 is 0 Å². The normalized spacial score (nSPS) is 12.5. The van der Waals surface area contributed by atoms with Gasteiger partial charge in [-0.1, -0.05) is 18.5 Å².